The summed E-state index contributed by atoms with van der Waals surface area (Å²) in [5.41, 5.74) is 0.872. The maximum atomic E-state index is 11.0. The van der Waals surface area contributed by atoms with Crippen molar-refractivity contribution in [2.45, 2.75) is 13.3 Å². The summed E-state index contributed by atoms with van der Waals surface area (Å²) in [4.78, 5) is 11.0. The number of nitrogens with zero attached hydrogens (tertiary/aromatic N) is 3. The zero-order valence-electron chi connectivity index (χ0n) is 9.69. The minimum atomic E-state index is -1.12. The molecule has 0 saturated carbocycles. The smallest absolute Gasteiger partial charge is 0.358 e. The molecule has 0 unspecified atom stereocenters. The molecule has 0 amide bonds. The van der Waals surface area contributed by atoms with Gasteiger partial charge >= 0.3 is 5.97 Å². The molecule has 2 rings (SSSR count). The van der Waals surface area contributed by atoms with Crippen molar-refractivity contribution in [1.82, 2.24) is 15.0 Å². The molecule has 1 N–H and O–H groups in total. The van der Waals surface area contributed by atoms with E-state index in [0.717, 1.165) is 0 Å². The number of carbonyl (C=O) groups is 1. The van der Waals surface area contributed by atoms with Crippen molar-refractivity contribution in [3.8, 4) is 5.69 Å². The first-order valence-corrected chi connectivity index (χ1v) is 6.84. The number of carboxylic acid groups (broad SMARTS) is 1. The fraction of sp³-hybridized carbons (Fsp3) is 0.182. The van der Waals surface area contributed by atoms with Crippen LogP contribution in [0, 0.1) is 0 Å². The second kappa shape index (κ2) is 5.48. The lowest BCUT2D eigenvalue weighted by atomic mass is 10.2. The lowest BCUT2D eigenvalue weighted by Crippen LogP contribution is -2.06. The molecule has 0 spiro atoms. The molecule has 0 aliphatic rings. The second-order valence-electron chi connectivity index (χ2n) is 3.65. The van der Waals surface area contributed by atoms with Gasteiger partial charge in [-0.05, 0) is 34.5 Å². The van der Waals surface area contributed by atoms with E-state index < -0.39 is 5.97 Å². The number of hydrogen-bond acceptors (Lipinski definition) is 3. The molecule has 0 aliphatic heterocycles. The highest BCUT2D eigenvalue weighted by atomic mass is 79.9. The third-order valence-electron chi connectivity index (χ3n) is 2.54. The molecule has 100 valence electrons. The lowest BCUT2D eigenvalue weighted by molar-refractivity contribution is 0.0689. The predicted octanol–water partition coefficient (Wildman–Crippen LogP) is 3.60. The van der Waals surface area contributed by atoms with Gasteiger partial charge in [0.15, 0.2) is 5.69 Å². The minimum absolute atomic E-state index is 0.0855. The highest BCUT2D eigenvalue weighted by molar-refractivity contribution is 9.10. The third kappa shape index (κ3) is 2.48. The van der Waals surface area contributed by atoms with E-state index in [1.165, 1.54) is 4.68 Å². The summed E-state index contributed by atoms with van der Waals surface area (Å²) in [5, 5.41) is 17.2. The minimum Gasteiger partial charge on any atom is -0.476 e. The van der Waals surface area contributed by atoms with E-state index in [2.05, 4.69) is 26.2 Å². The first-order chi connectivity index (χ1) is 8.97. The first kappa shape index (κ1) is 14.3. The van der Waals surface area contributed by atoms with Crippen LogP contribution in [0.2, 0.25) is 10.0 Å². The van der Waals surface area contributed by atoms with Crippen LogP contribution in [0.3, 0.4) is 0 Å². The zero-order chi connectivity index (χ0) is 14.2. The van der Waals surface area contributed by atoms with E-state index in [1.54, 1.807) is 12.1 Å². The predicted molar refractivity (Wildman–Crippen MR) is 75.4 cm³/mol. The van der Waals surface area contributed by atoms with E-state index in [1.807, 2.05) is 6.92 Å². The normalized spacial score (nSPS) is 10.7. The number of rotatable bonds is 3. The van der Waals surface area contributed by atoms with Crippen molar-refractivity contribution in [3.05, 3.63) is 38.0 Å². The number of aromatic carboxylic acids is 1. The zero-order valence-corrected chi connectivity index (χ0v) is 12.8. The Bertz CT molecular complexity index is 658. The molecule has 1 aromatic heterocycles. The fourth-order valence-electron chi connectivity index (χ4n) is 1.66. The Balaban J connectivity index is 2.66. The van der Waals surface area contributed by atoms with Crippen molar-refractivity contribution >= 4 is 45.1 Å². The van der Waals surface area contributed by atoms with Crippen LogP contribution >= 0.6 is 39.1 Å². The highest BCUT2D eigenvalue weighted by Crippen LogP contribution is 2.35. The van der Waals surface area contributed by atoms with E-state index in [0.29, 0.717) is 27.3 Å². The average molecular weight is 365 g/mol. The van der Waals surface area contributed by atoms with E-state index >= 15 is 0 Å². The fourth-order valence-corrected chi connectivity index (χ4v) is 2.51. The van der Waals surface area contributed by atoms with Gasteiger partial charge in [0.05, 0.1) is 21.4 Å². The van der Waals surface area contributed by atoms with Crippen molar-refractivity contribution in [3.63, 3.8) is 0 Å². The van der Waals surface area contributed by atoms with Crippen molar-refractivity contribution < 1.29 is 9.90 Å². The molecule has 2 aromatic rings. The first-order valence-electron chi connectivity index (χ1n) is 5.29. The molecule has 1 heterocycles. The molecular formula is C11H8BrCl2N3O2. The average Bonchev–Trinajstić information content (AvgIpc) is 2.80. The quantitative estimate of drug-likeness (QED) is 0.845. The standard InChI is InChI=1S/C11H8BrCl2N3O2/c1-2-6-10(11(18)19)15-16-17(6)7-4-3-5(12)8(13)9(7)14/h3-4H,2H2,1H3,(H,18,19). The second-order valence-corrected chi connectivity index (χ2v) is 5.26. The van der Waals surface area contributed by atoms with Crippen LogP contribution in [0.25, 0.3) is 5.69 Å². The van der Waals surface area contributed by atoms with Gasteiger partial charge in [0.1, 0.15) is 0 Å². The summed E-state index contributed by atoms with van der Waals surface area (Å²) in [6.45, 7) is 1.82. The molecule has 8 heteroatoms. The summed E-state index contributed by atoms with van der Waals surface area (Å²) in [7, 11) is 0. The van der Waals surface area contributed by atoms with Crippen LogP contribution < -0.4 is 0 Å². The summed E-state index contributed by atoms with van der Waals surface area (Å²) in [6.07, 6.45) is 0.457. The van der Waals surface area contributed by atoms with Gasteiger partial charge < -0.3 is 5.11 Å². The van der Waals surface area contributed by atoms with Crippen LogP contribution in [-0.2, 0) is 6.42 Å². The number of benzene rings is 1. The van der Waals surface area contributed by atoms with Crippen molar-refractivity contribution in [1.29, 1.82) is 0 Å². The Morgan fingerprint density at radius 1 is 1.42 bits per heavy atom. The van der Waals surface area contributed by atoms with Gasteiger partial charge in [-0.25, -0.2) is 9.48 Å². The Hall–Kier alpha value is -1.11. The molecule has 0 radical (unpaired) electrons. The van der Waals surface area contributed by atoms with E-state index in [4.69, 9.17) is 28.3 Å². The van der Waals surface area contributed by atoms with Crippen LogP contribution in [0.5, 0.6) is 0 Å². The number of halogens is 3. The van der Waals surface area contributed by atoms with E-state index in [9.17, 15) is 4.79 Å². The summed E-state index contributed by atoms with van der Waals surface area (Å²) in [6, 6.07) is 3.41. The molecule has 19 heavy (non-hydrogen) atoms. The maximum Gasteiger partial charge on any atom is 0.358 e. The summed E-state index contributed by atoms with van der Waals surface area (Å²) in [5.74, 6) is -1.12. The molecule has 1 aromatic carbocycles. The van der Waals surface area contributed by atoms with Crippen LogP contribution in [0.15, 0.2) is 16.6 Å². The Kier molecular flexibility index (Phi) is 4.13. The monoisotopic (exact) mass is 363 g/mol. The number of carboxylic acids is 1. The molecule has 0 bridgehead atoms. The largest absolute Gasteiger partial charge is 0.476 e. The Morgan fingerprint density at radius 2 is 2.11 bits per heavy atom. The van der Waals surface area contributed by atoms with Crippen LogP contribution in [-0.4, -0.2) is 26.1 Å². The van der Waals surface area contributed by atoms with Gasteiger partial charge in [0.2, 0.25) is 0 Å². The maximum absolute atomic E-state index is 11.0. The van der Waals surface area contributed by atoms with Gasteiger partial charge in [-0.2, -0.15) is 0 Å². The van der Waals surface area contributed by atoms with Crippen LogP contribution in [0.1, 0.15) is 23.1 Å². The van der Waals surface area contributed by atoms with Gasteiger partial charge in [-0.15, -0.1) is 5.10 Å². The van der Waals surface area contributed by atoms with Crippen molar-refractivity contribution in [2.75, 3.05) is 0 Å². The number of aromatic nitrogens is 3. The Morgan fingerprint density at radius 3 is 2.68 bits per heavy atom. The molecule has 0 saturated heterocycles. The number of hydrogen-bond donors (Lipinski definition) is 1. The third-order valence-corrected chi connectivity index (χ3v) is 4.30. The molecule has 0 aliphatic carbocycles. The van der Waals surface area contributed by atoms with Gasteiger partial charge in [0, 0.05) is 4.47 Å². The van der Waals surface area contributed by atoms with Crippen molar-refractivity contribution in [2.24, 2.45) is 0 Å². The van der Waals surface area contributed by atoms with Gasteiger partial charge in [-0.3, -0.25) is 0 Å². The Labute approximate surface area is 127 Å². The SMILES string of the molecule is CCc1c(C(=O)O)nnn1-c1ccc(Br)c(Cl)c1Cl. The summed E-state index contributed by atoms with van der Waals surface area (Å²) >= 11 is 15.5. The van der Waals surface area contributed by atoms with Gasteiger partial charge in [0.25, 0.3) is 0 Å². The molecule has 0 atom stereocenters. The molecule has 0 fully saturated rings. The molecule has 5 nitrogen and oxygen atoms in total. The molecular weight excluding hydrogens is 357 g/mol. The van der Waals surface area contributed by atoms with Crippen LogP contribution in [0.4, 0.5) is 0 Å². The topological polar surface area (TPSA) is 68.0 Å². The highest BCUT2D eigenvalue weighted by Gasteiger charge is 2.20. The summed E-state index contributed by atoms with van der Waals surface area (Å²) < 4.78 is 2.05. The van der Waals surface area contributed by atoms with E-state index in [-0.39, 0.29) is 10.7 Å². The van der Waals surface area contributed by atoms with Gasteiger partial charge in [-0.1, -0.05) is 35.3 Å². The lowest BCUT2D eigenvalue weighted by Gasteiger charge is -2.09.